The Morgan fingerprint density at radius 1 is 1.04 bits per heavy atom. The topological polar surface area (TPSA) is 64.1 Å². The van der Waals surface area contributed by atoms with E-state index in [9.17, 15) is 8.78 Å². The molecule has 0 radical (unpaired) electrons. The van der Waals surface area contributed by atoms with Crippen LogP contribution in [-0.4, -0.2) is 33.8 Å². The third-order valence-corrected chi connectivity index (χ3v) is 3.50. The van der Waals surface area contributed by atoms with Gasteiger partial charge >= 0.3 is 6.61 Å². The Balaban J connectivity index is 0.00000364. The van der Waals surface area contributed by atoms with Crippen LogP contribution in [0.1, 0.15) is 5.56 Å². The molecular weight excluding hydrogens is 471 g/mol. The molecule has 9 heteroatoms. The summed E-state index contributed by atoms with van der Waals surface area (Å²) in [5, 5.41) is 6.16. The summed E-state index contributed by atoms with van der Waals surface area (Å²) in [4.78, 5) is 4.12. The number of halogens is 3. The quantitative estimate of drug-likeness (QED) is 0.346. The maximum Gasteiger partial charge on any atom is 0.387 e. The van der Waals surface area contributed by atoms with Crippen molar-refractivity contribution in [1.29, 1.82) is 0 Å². The van der Waals surface area contributed by atoms with Gasteiger partial charge in [0.05, 0.1) is 14.2 Å². The predicted molar refractivity (Wildman–Crippen MR) is 112 cm³/mol. The van der Waals surface area contributed by atoms with Crippen LogP contribution < -0.4 is 24.8 Å². The number of hydrogen-bond acceptors (Lipinski definition) is 4. The van der Waals surface area contributed by atoms with E-state index in [2.05, 4.69) is 20.4 Å². The van der Waals surface area contributed by atoms with Gasteiger partial charge in [-0.2, -0.15) is 8.78 Å². The van der Waals surface area contributed by atoms with Crippen LogP contribution in [0.4, 0.5) is 14.5 Å². The van der Waals surface area contributed by atoms with Crippen molar-refractivity contribution in [2.24, 2.45) is 4.99 Å². The highest BCUT2D eigenvalue weighted by Crippen LogP contribution is 2.29. The molecule has 2 N–H and O–H groups in total. The van der Waals surface area contributed by atoms with Gasteiger partial charge in [0, 0.05) is 30.9 Å². The zero-order chi connectivity index (χ0) is 18.9. The van der Waals surface area contributed by atoms with E-state index in [0.717, 1.165) is 5.69 Å². The summed E-state index contributed by atoms with van der Waals surface area (Å²) in [6.45, 7) is -2.61. The average molecular weight is 493 g/mol. The lowest BCUT2D eigenvalue weighted by Crippen LogP contribution is -2.30. The van der Waals surface area contributed by atoms with Crippen LogP contribution in [-0.2, 0) is 6.54 Å². The maximum absolute atomic E-state index is 12.5. The molecule has 2 rings (SSSR count). The Labute approximate surface area is 173 Å². The summed E-state index contributed by atoms with van der Waals surface area (Å²) in [7, 11) is 4.72. The Bertz CT molecular complexity index is 760. The highest BCUT2D eigenvalue weighted by Gasteiger charge is 2.10. The third-order valence-electron chi connectivity index (χ3n) is 3.50. The number of aliphatic imine (C=N–C) groups is 1. The molecular formula is C18H22F2IN3O3. The number of nitrogens with zero attached hydrogens (tertiary/aromatic N) is 1. The van der Waals surface area contributed by atoms with E-state index in [1.165, 1.54) is 6.07 Å². The zero-order valence-electron chi connectivity index (χ0n) is 15.2. The van der Waals surface area contributed by atoms with Crippen LogP contribution in [0, 0.1) is 0 Å². The van der Waals surface area contributed by atoms with Gasteiger partial charge in [-0.3, -0.25) is 4.99 Å². The lowest BCUT2D eigenvalue weighted by molar-refractivity contribution is -0.0504. The second-order valence-corrected chi connectivity index (χ2v) is 5.11. The molecule has 0 saturated heterocycles. The van der Waals surface area contributed by atoms with Crippen molar-refractivity contribution in [2.75, 3.05) is 26.6 Å². The van der Waals surface area contributed by atoms with Gasteiger partial charge < -0.3 is 24.8 Å². The molecule has 0 aliphatic rings. The number of para-hydroxylation sites is 1. The summed E-state index contributed by atoms with van der Waals surface area (Å²) in [5.41, 5.74) is 1.32. The number of benzene rings is 2. The highest BCUT2D eigenvalue weighted by atomic mass is 127. The fraction of sp³-hybridized carbons (Fsp3) is 0.278. The molecule has 0 fully saturated rings. The SMILES string of the molecule is CN=C(NCc1ccccc1OC(F)F)Nc1ccc(OC)c(OC)c1.I. The van der Waals surface area contributed by atoms with Crippen molar-refractivity contribution in [3.8, 4) is 17.2 Å². The maximum atomic E-state index is 12.5. The van der Waals surface area contributed by atoms with Crippen LogP contribution in [0.5, 0.6) is 17.2 Å². The Morgan fingerprint density at radius 3 is 2.37 bits per heavy atom. The Hall–Kier alpha value is -2.30. The number of nitrogens with one attached hydrogen (secondary N) is 2. The van der Waals surface area contributed by atoms with Crippen LogP contribution in [0.15, 0.2) is 47.5 Å². The molecule has 0 saturated carbocycles. The van der Waals surface area contributed by atoms with Crippen LogP contribution >= 0.6 is 24.0 Å². The molecule has 2 aromatic carbocycles. The van der Waals surface area contributed by atoms with Crippen LogP contribution in [0.2, 0.25) is 0 Å². The number of anilines is 1. The molecule has 0 unspecified atom stereocenters. The molecule has 27 heavy (non-hydrogen) atoms. The number of ether oxygens (including phenoxy) is 3. The number of methoxy groups -OCH3 is 2. The number of hydrogen-bond donors (Lipinski definition) is 2. The number of rotatable bonds is 7. The number of guanidine groups is 1. The minimum Gasteiger partial charge on any atom is -0.493 e. The summed E-state index contributed by atoms with van der Waals surface area (Å²) in [6, 6.07) is 11.9. The van der Waals surface area contributed by atoms with Gasteiger partial charge in [-0.15, -0.1) is 24.0 Å². The molecule has 2 aromatic rings. The van der Waals surface area contributed by atoms with Crippen molar-refractivity contribution >= 4 is 35.6 Å². The fourth-order valence-corrected chi connectivity index (χ4v) is 2.27. The van der Waals surface area contributed by atoms with Gasteiger partial charge in [-0.1, -0.05) is 18.2 Å². The second kappa shape index (κ2) is 11.4. The van der Waals surface area contributed by atoms with Crippen molar-refractivity contribution < 1.29 is 23.0 Å². The molecule has 0 heterocycles. The van der Waals surface area contributed by atoms with Crippen molar-refractivity contribution in [2.45, 2.75) is 13.2 Å². The van der Waals surface area contributed by atoms with Gasteiger partial charge in [-0.05, 0) is 18.2 Å². The summed E-state index contributed by atoms with van der Waals surface area (Å²) in [6.07, 6.45) is 0. The first kappa shape index (κ1) is 22.7. The molecule has 148 valence electrons. The minimum atomic E-state index is -2.87. The van der Waals surface area contributed by atoms with Crippen molar-refractivity contribution in [3.05, 3.63) is 48.0 Å². The molecule has 0 aliphatic carbocycles. The van der Waals surface area contributed by atoms with E-state index in [-0.39, 0.29) is 36.3 Å². The Morgan fingerprint density at radius 2 is 1.74 bits per heavy atom. The van der Waals surface area contributed by atoms with E-state index < -0.39 is 6.61 Å². The predicted octanol–water partition coefficient (Wildman–Crippen LogP) is 4.11. The first-order valence-corrected chi connectivity index (χ1v) is 7.79. The molecule has 0 aromatic heterocycles. The van der Waals surface area contributed by atoms with E-state index in [0.29, 0.717) is 23.0 Å². The van der Waals surface area contributed by atoms with Gasteiger partial charge in [-0.25, -0.2) is 0 Å². The fourth-order valence-electron chi connectivity index (χ4n) is 2.27. The minimum absolute atomic E-state index is 0. The van der Waals surface area contributed by atoms with Crippen molar-refractivity contribution in [3.63, 3.8) is 0 Å². The normalized spacial score (nSPS) is 10.8. The molecule has 0 bridgehead atoms. The van der Waals surface area contributed by atoms with E-state index in [1.54, 1.807) is 51.6 Å². The van der Waals surface area contributed by atoms with Crippen LogP contribution in [0.25, 0.3) is 0 Å². The summed E-state index contributed by atoms with van der Waals surface area (Å²) < 4.78 is 40.0. The lowest BCUT2D eigenvalue weighted by atomic mass is 10.2. The van der Waals surface area contributed by atoms with E-state index in [1.807, 2.05) is 6.07 Å². The summed E-state index contributed by atoms with van der Waals surface area (Å²) in [5.74, 6) is 1.77. The second-order valence-electron chi connectivity index (χ2n) is 5.11. The van der Waals surface area contributed by atoms with Gasteiger partial charge in [0.15, 0.2) is 17.5 Å². The molecule has 0 spiro atoms. The first-order chi connectivity index (χ1) is 12.6. The van der Waals surface area contributed by atoms with Crippen molar-refractivity contribution in [1.82, 2.24) is 5.32 Å². The molecule has 6 nitrogen and oxygen atoms in total. The van der Waals surface area contributed by atoms with E-state index >= 15 is 0 Å². The third kappa shape index (κ3) is 6.74. The highest BCUT2D eigenvalue weighted by molar-refractivity contribution is 14.0. The monoisotopic (exact) mass is 493 g/mol. The molecule has 0 amide bonds. The van der Waals surface area contributed by atoms with Gasteiger partial charge in [0.2, 0.25) is 0 Å². The Kier molecular flexibility index (Phi) is 9.62. The smallest absolute Gasteiger partial charge is 0.387 e. The number of alkyl halides is 2. The first-order valence-electron chi connectivity index (χ1n) is 7.79. The lowest BCUT2D eigenvalue weighted by Gasteiger charge is -2.15. The van der Waals surface area contributed by atoms with E-state index in [4.69, 9.17) is 9.47 Å². The summed E-state index contributed by atoms with van der Waals surface area (Å²) >= 11 is 0. The van der Waals surface area contributed by atoms with Gasteiger partial charge in [0.25, 0.3) is 0 Å². The standard InChI is InChI=1S/C18H21F2N3O3.HI/c1-21-18(23-13-8-9-15(24-2)16(10-13)25-3)22-11-12-6-4-5-7-14(12)26-17(19)20;/h4-10,17H,11H2,1-3H3,(H2,21,22,23);1H. The molecule has 0 aliphatic heterocycles. The zero-order valence-corrected chi connectivity index (χ0v) is 17.5. The average Bonchev–Trinajstić information content (AvgIpc) is 2.65. The van der Waals surface area contributed by atoms with Gasteiger partial charge in [0.1, 0.15) is 5.75 Å². The van der Waals surface area contributed by atoms with Crippen LogP contribution in [0.3, 0.4) is 0 Å². The molecule has 0 atom stereocenters. The largest absolute Gasteiger partial charge is 0.493 e.